The summed E-state index contributed by atoms with van der Waals surface area (Å²) in [6, 6.07) is 14.7. The molecule has 1 fully saturated rings. The number of nitrogens with one attached hydrogen (secondary N) is 1. The molecule has 39 heavy (non-hydrogen) atoms. The van der Waals surface area contributed by atoms with Crippen LogP contribution in [0.5, 0.6) is 5.88 Å². The van der Waals surface area contributed by atoms with E-state index in [1.165, 1.54) is 0 Å². The van der Waals surface area contributed by atoms with Gasteiger partial charge in [0.1, 0.15) is 0 Å². The van der Waals surface area contributed by atoms with E-state index < -0.39 is 16.0 Å². The number of carboxylic acid groups (broad SMARTS) is 1. The molecule has 1 aromatic heterocycles. The summed E-state index contributed by atoms with van der Waals surface area (Å²) in [4.78, 5) is 20.8. The van der Waals surface area contributed by atoms with Gasteiger partial charge in [-0.05, 0) is 79.7 Å². The molecule has 1 aliphatic heterocycles. The largest absolute Gasteiger partial charge is 0.481 e. The number of aliphatic carboxylic acids is 1. The lowest BCUT2D eigenvalue weighted by atomic mass is 9.62. The molecule has 3 aromatic rings. The quantitative estimate of drug-likeness (QED) is 0.412. The average molecular weight is 550 g/mol. The van der Waals surface area contributed by atoms with Crippen molar-refractivity contribution >= 4 is 21.9 Å². The SMILES string of the molecule is Cc1cccc(C)c1-c1cc2nc(n1)NS(=O)(=O)c1cccc(c1)C(C1CC(C(=O)O)C1)[C@H](CC(C)C)CO2. The fourth-order valence-electron chi connectivity index (χ4n) is 6.16. The molecule has 2 aliphatic rings. The first-order chi connectivity index (χ1) is 18.5. The van der Waals surface area contributed by atoms with Crippen LogP contribution in [0.1, 0.15) is 55.7 Å². The summed E-state index contributed by atoms with van der Waals surface area (Å²) in [6.45, 7) is 8.66. The zero-order valence-electron chi connectivity index (χ0n) is 22.7. The summed E-state index contributed by atoms with van der Waals surface area (Å²) in [5, 5.41) is 9.53. The molecule has 4 bridgehead atoms. The summed E-state index contributed by atoms with van der Waals surface area (Å²) in [5.41, 5.74) is 4.41. The Balaban J connectivity index is 1.63. The number of rotatable bonds is 5. The Morgan fingerprint density at radius 2 is 1.77 bits per heavy atom. The molecule has 2 atom stereocenters. The number of hydrogen-bond acceptors (Lipinski definition) is 6. The summed E-state index contributed by atoms with van der Waals surface area (Å²) < 4.78 is 35.9. The number of aryl methyl sites for hydroxylation is 2. The molecule has 0 saturated heterocycles. The number of carboxylic acids is 1. The van der Waals surface area contributed by atoms with Gasteiger partial charge in [-0.1, -0.05) is 44.2 Å². The Labute approximate surface area is 229 Å². The molecule has 2 heterocycles. The number of carbonyl (C=O) groups is 1. The highest BCUT2D eigenvalue weighted by atomic mass is 32.2. The third-order valence-electron chi connectivity index (χ3n) is 7.98. The first-order valence-corrected chi connectivity index (χ1v) is 14.9. The van der Waals surface area contributed by atoms with Gasteiger partial charge in [0.25, 0.3) is 10.0 Å². The number of nitrogens with zero attached hydrogens (tertiary/aromatic N) is 2. The third kappa shape index (κ3) is 5.64. The van der Waals surface area contributed by atoms with Crippen LogP contribution in [-0.4, -0.2) is 36.1 Å². The standard InChI is InChI=1S/C30H35N3O5S/c1-17(2)11-23-16-38-26-15-25(27-18(3)7-5-8-19(27)4)31-30(32-26)33-39(36,37)24-10-6-9-20(14-24)28(23)21-12-22(13-21)29(34)35/h5-10,14-15,17,21-23,28H,11-13,16H2,1-4H3,(H,34,35)(H,31,32,33)/t21?,22?,23-,28?/m1/s1. The molecule has 8 nitrogen and oxygen atoms in total. The van der Waals surface area contributed by atoms with E-state index in [4.69, 9.17) is 4.74 Å². The predicted octanol–water partition coefficient (Wildman–Crippen LogP) is 5.81. The lowest BCUT2D eigenvalue weighted by molar-refractivity contribution is -0.147. The Morgan fingerprint density at radius 3 is 2.44 bits per heavy atom. The maximum atomic E-state index is 13.5. The zero-order chi connectivity index (χ0) is 27.9. The monoisotopic (exact) mass is 549 g/mol. The molecule has 2 N–H and O–H groups in total. The molecule has 1 saturated carbocycles. The highest BCUT2D eigenvalue weighted by Crippen LogP contribution is 2.49. The molecule has 0 amide bonds. The normalized spacial score (nSPS) is 23.9. The van der Waals surface area contributed by atoms with E-state index in [1.54, 1.807) is 24.3 Å². The highest BCUT2D eigenvalue weighted by molar-refractivity contribution is 7.92. The molecule has 0 radical (unpaired) electrons. The number of aromatic nitrogens is 2. The van der Waals surface area contributed by atoms with Crippen molar-refractivity contribution in [3.05, 3.63) is 65.2 Å². The van der Waals surface area contributed by atoms with Crippen molar-refractivity contribution in [3.8, 4) is 17.1 Å². The van der Waals surface area contributed by atoms with Gasteiger partial charge >= 0.3 is 5.97 Å². The van der Waals surface area contributed by atoms with Crippen LogP contribution in [0.25, 0.3) is 11.3 Å². The number of ether oxygens (including phenoxy) is 1. The van der Waals surface area contributed by atoms with Gasteiger partial charge in [-0.2, -0.15) is 4.98 Å². The van der Waals surface area contributed by atoms with Gasteiger partial charge in [0.05, 0.1) is 23.1 Å². The fourth-order valence-corrected chi connectivity index (χ4v) is 7.16. The lowest BCUT2D eigenvalue weighted by Gasteiger charge is -2.42. The second kappa shape index (κ2) is 10.6. The Bertz CT molecular complexity index is 1480. The van der Waals surface area contributed by atoms with Crippen molar-refractivity contribution in [2.45, 2.75) is 57.8 Å². The molecular weight excluding hydrogens is 514 g/mol. The van der Waals surface area contributed by atoms with E-state index in [2.05, 4.69) is 28.5 Å². The van der Waals surface area contributed by atoms with Crippen LogP contribution in [0.4, 0.5) is 5.95 Å². The molecule has 2 aromatic carbocycles. The maximum Gasteiger partial charge on any atom is 0.306 e. The van der Waals surface area contributed by atoms with E-state index in [0.29, 0.717) is 36.9 Å². The van der Waals surface area contributed by atoms with E-state index in [1.807, 2.05) is 38.1 Å². The minimum Gasteiger partial charge on any atom is -0.481 e. The van der Waals surface area contributed by atoms with Gasteiger partial charge in [0.15, 0.2) is 0 Å². The smallest absolute Gasteiger partial charge is 0.306 e. The second-order valence-electron chi connectivity index (χ2n) is 11.4. The first kappa shape index (κ1) is 27.1. The van der Waals surface area contributed by atoms with Crippen molar-refractivity contribution in [3.63, 3.8) is 0 Å². The third-order valence-corrected chi connectivity index (χ3v) is 9.30. The number of hydrogen-bond donors (Lipinski definition) is 2. The second-order valence-corrected chi connectivity index (χ2v) is 13.0. The van der Waals surface area contributed by atoms with Gasteiger partial charge in [0, 0.05) is 17.5 Å². The van der Waals surface area contributed by atoms with Crippen molar-refractivity contribution in [1.82, 2.24) is 9.97 Å². The van der Waals surface area contributed by atoms with E-state index in [-0.39, 0.29) is 34.5 Å². The van der Waals surface area contributed by atoms with Crippen molar-refractivity contribution in [2.75, 3.05) is 11.3 Å². The fraction of sp³-hybridized carbons (Fsp3) is 0.433. The highest BCUT2D eigenvalue weighted by Gasteiger charge is 2.43. The van der Waals surface area contributed by atoms with E-state index >= 15 is 0 Å². The van der Waals surface area contributed by atoms with Crippen LogP contribution in [0.2, 0.25) is 0 Å². The summed E-state index contributed by atoms with van der Waals surface area (Å²) >= 11 is 0. The van der Waals surface area contributed by atoms with Crippen molar-refractivity contribution in [1.29, 1.82) is 0 Å². The van der Waals surface area contributed by atoms with Crippen molar-refractivity contribution in [2.24, 2.45) is 23.7 Å². The van der Waals surface area contributed by atoms with Gasteiger partial charge in [-0.3, -0.25) is 4.79 Å². The van der Waals surface area contributed by atoms with Crippen LogP contribution in [0.3, 0.4) is 0 Å². The maximum absolute atomic E-state index is 13.5. The predicted molar refractivity (Wildman–Crippen MR) is 149 cm³/mol. The Kier molecular flexibility index (Phi) is 7.37. The number of sulfonamides is 1. The lowest BCUT2D eigenvalue weighted by Crippen LogP contribution is -2.38. The van der Waals surface area contributed by atoms with Gasteiger partial charge < -0.3 is 9.84 Å². The molecular formula is C30H35N3O5S. The van der Waals surface area contributed by atoms with Crippen LogP contribution in [0.15, 0.2) is 53.4 Å². The number of fused-ring (bicyclic) bond motifs is 4. The molecule has 206 valence electrons. The summed E-state index contributed by atoms with van der Waals surface area (Å²) in [6.07, 6.45) is 1.98. The number of anilines is 1. The average Bonchev–Trinajstić information content (AvgIpc) is 2.82. The molecule has 1 unspecified atom stereocenters. The molecule has 9 heteroatoms. The Hall–Kier alpha value is -3.46. The van der Waals surface area contributed by atoms with Crippen LogP contribution in [-0.2, 0) is 14.8 Å². The van der Waals surface area contributed by atoms with Crippen LogP contribution in [0, 0.1) is 37.5 Å². The minimum atomic E-state index is -3.99. The van der Waals surface area contributed by atoms with Gasteiger partial charge in [0.2, 0.25) is 11.8 Å². The first-order valence-electron chi connectivity index (χ1n) is 13.5. The molecule has 0 spiro atoms. The van der Waals surface area contributed by atoms with E-state index in [0.717, 1.165) is 28.7 Å². The van der Waals surface area contributed by atoms with Gasteiger partial charge in [-0.25, -0.2) is 18.1 Å². The number of benzene rings is 2. The van der Waals surface area contributed by atoms with Crippen LogP contribution < -0.4 is 9.46 Å². The van der Waals surface area contributed by atoms with Crippen molar-refractivity contribution < 1.29 is 23.1 Å². The summed E-state index contributed by atoms with van der Waals surface area (Å²) in [5.74, 6) is -0.402. The topological polar surface area (TPSA) is 118 Å². The zero-order valence-corrected chi connectivity index (χ0v) is 23.5. The van der Waals surface area contributed by atoms with Gasteiger partial charge in [-0.15, -0.1) is 0 Å². The molecule has 5 rings (SSSR count). The Morgan fingerprint density at radius 1 is 1.08 bits per heavy atom. The molecule has 1 aliphatic carbocycles. The van der Waals surface area contributed by atoms with Crippen LogP contribution >= 0.6 is 0 Å². The van der Waals surface area contributed by atoms with E-state index in [9.17, 15) is 18.3 Å². The summed E-state index contributed by atoms with van der Waals surface area (Å²) in [7, 11) is -3.99. The minimum absolute atomic E-state index is 0.0390.